The van der Waals surface area contributed by atoms with Gasteiger partial charge in [-0.15, -0.1) is 0 Å². The van der Waals surface area contributed by atoms with Crippen molar-refractivity contribution in [2.75, 3.05) is 13.2 Å². The van der Waals surface area contributed by atoms with E-state index in [-0.39, 0.29) is 16.9 Å². The van der Waals surface area contributed by atoms with E-state index in [2.05, 4.69) is 10.0 Å². The summed E-state index contributed by atoms with van der Waals surface area (Å²) in [5.41, 5.74) is 0.973. The second-order valence-corrected chi connectivity index (χ2v) is 7.25. The van der Waals surface area contributed by atoms with E-state index in [1.807, 2.05) is 6.92 Å². The van der Waals surface area contributed by atoms with E-state index in [4.69, 9.17) is 4.74 Å². The van der Waals surface area contributed by atoms with Crippen LogP contribution in [-0.4, -0.2) is 39.6 Å². The van der Waals surface area contributed by atoms with E-state index in [0.717, 1.165) is 25.0 Å². The number of sulfonamides is 1. The van der Waals surface area contributed by atoms with Gasteiger partial charge in [0.15, 0.2) is 0 Å². The van der Waals surface area contributed by atoms with Gasteiger partial charge in [0.05, 0.1) is 17.0 Å². The second kappa shape index (κ2) is 7.21. The van der Waals surface area contributed by atoms with Crippen molar-refractivity contribution in [2.24, 2.45) is 0 Å². The van der Waals surface area contributed by atoms with E-state index >= 15 is 0 Å². The molecular formula is C15H22N2O4S. The Morgan fingerprint density at radius 1 is 1.36 bits per heavy atom. The van der Waals surface area contributed by atoms with Gasteiger partial charge >= 0.3 is 0 Å². The Bertz CT molecular complexity index is 607. The number of benzene rings is 1. The van der Waals surface area contributed by atoms with Crippen LogP contribution in [0.15, 0.2) is 29.2 Å². The fraction of sp³-hybridized carbons (Fsp3) is 0.533. The molecule has 1 amide bonds. The number of carbonyl (C=O) groups excluding carboxylic acids is 1. The highest BCUT2D eigenvalue weighted by molar-refractivity contribution is 7.89. The van der Waals surface area contributed by atoms with Crippen LogP contribution in [0.4, 0.5) is 0 Å². The first kappa shape index (κ1) is 16.9. The average Bonchev–Trinajstić information content (AvgIpc) is 2.98. The third kappa shape index (κ3) is 4.53. The quantitative estimate of drug-likeness (QED) is 0.815. The summed E-state index contributed by atoms with van der Waals surface area (Å²) in [6, 6.07) is 5.64. The maximum Gasteiger partial charge on any atom is 0.241 e. The standard InChI is InChI=1S/C15H22N2O4S/c1-11-5-7-14(8-6-11)22(19,20)17-12(2)15(18)16-10-13-4-3-9-21-13/h5-8,12-13,17H,3-4,9-10H2,1-2H3,(H,16,18)/t12-,13+/m1/s1. The lowest BCUT2D eigenvalue weighted by molar-refractivity contribution is -0.122. The van der Waals surface area contributed by atoms with Crippen molar-refractivity contribution in [3.05, 3.63) is 29.8 Å². The molecule has 0 aliphatic carbocycles. The molecule has 22 heavy (non-hydrogen) atoms. The molecule has 1 aromatic carbocycles. The molecule has 0 radical (unpaired) electrons. The number of hydrogen-bond donors (Lipinski definition) is 2. The third-order valence-corrected chi connectivity index (χ3v) is 5.14. The van der Waals surface area contributed by atoms with Crippen LogP contribution < -0.4 is 10.0 Å². The number of nitrogens with one attached hydrogen (secondary N) is 2. The lowest BCUT2D eigenvalue weighted by Crippen LogP contribution is -2.46. The predicted octanol–water partition coefficient (Wildman–Crippen LogP) is 0.957. The molecule has 0 bridgehead atoms. The van der Waals surface area contributed by atoms with Crippen molar-refractivity contribution in [1.29, 1.82) is 0 Å². The molecule has 1 fully saturated rings. The van der Waals surface area contributed by atoms with E-state index in [0.29, 0.717) is 6.54 Å². The third-order valence-electron chi connectivity index (χ3n) is 3.58. The molecule has 1 heterocycles. The van der Waals surface area contributed by atoms with Gasteiger partial charge in [-0.3, -0.25) is 4.79 Å². The zero-order valence-corrected chi connectivity index (χ0v) is 13.7. The van der Waals surface area contributed by atoms with Crippen LogP contribution in [0.2, 0.25) is 0 Å². The maximum atomic E-state index is 12.2. The molecule has 2 N–H and O–H groups in total. The number of carbonyl (C=O) groups is 1. The van der Waals surface area contributed by atoms with Crippen LogP contribution in [0.25, 0.3) is 0 Å². The normalized spacial score (nSPS) is 19.8. The lowest BCUT2D eigenvalue weighted by Gasteiger charge is -2.16. The van der Waals surface area contributed by atoms with Gasteiger partial charge in [0.25, 0.3) is 0 Å². The highest BCUT2D eigenvalue weighted by Crippen LogP contribution is 2.12. The minimum absolute atomic E-state index is 0.0323. The number of amides is 1. The molecule has 2 atom stereocenters. The molecular weight excluding hydrogens is 304 g/mol. The summed E-state index contributed by atoms with van der Waals surface area (Å²) < 4.78 is 32.2. The summed E-state index contributed by atoms with van der Waals surface area (Å²) in [5.74, 6) is -0.355. The molecule has 0 aromatic heterocycles. The van der Waals surface area contributed by atoms with Crippen LogP contribution in [0, 0.1) is 6.92 Å². The van der Waals surface area contributed by atoms with Gasteiger partial charge in [0.1, 0.15) is 0 Å². The van der Waals surface area contributed by atoms with Crippen molar-refractivity contribution in [1.82, 2.24) is 10.0 Å². The summed E-state index contributed by atoms with van der Waals surface area (Å²) in [6.45, 7) is 4.53. The Morgan fingerprint density at radius 2 is 2.05 bits per heavy atom. The van der Waals surface area contributed by atoms with Gasteiger partial charge in [0.2, 0.25) is 15.9 Å². The first-order chi connectivity index (χ1) is 10.4. The number of rotatable bonds is 6. The first-order valence-electron chi connectivity index (χ1n) is 7.37. The molecule has 0 saturated carbocycles. The first-order valence-corrected chi connectivity index (χ1v) is 8.85. The Labute approximate surface area is 131 Å². The minimum atomic E-state index is -3.70. The molecule has 7 heteroatoms. The summed E-state index contributed by atoms with van der Waals surface area (Å²) >= 11 is 0. The van der Waals surface area contributed by atoms with E-state index in [1.165, 1.54) is 19.1 Å². The zero-order valence-electron chi connectivity index (χ0n) is 12.8. The smallest absolute Gasteiger partial charge is 0.241 e. The Hall–Kier alpha value is -1.44. The monoisotopic (exact) mass is 326 g/mol. The second-order valence-electron chi connectivity index (χ2n) is 5.54. The van der Waals surface area contributed by atoms with Crippen molar-refractivity contribution >= 4 is 15.9 Å². The molecule has 1 saturated heterocycles. The van der Waals surface area contributed by atoms with Crippen LogP contribution in [-0.2, 0) is 19.6 Å². The van der Waals surface area contributed by atoms with Gasteiger partial charge in [-0.25, -0.2) is 8.42 Å². The van der Waals surface area contributed by atoms with Crippen LogP contribution >= 0.6 is 0 Å². The molecule has 0 spiro atoms. The Balaban J connectivity index is 1.90. The van der Waals surface area contributed by atoms with Gasteiger partial charge in [-0.1, -0.05) is 17.7 Å². The van der Waals surface area contributed by atoms with E-state index in [9.17, 15) is 13.2 Å². The SMILES string of the molecule is Cc1ccc(S(=O)(=O)N[C@H](C)C(=O)NC[C@@H]2CCCO2)cc1. The van der Waals surface area contributed by atoms with Gasteiger partial charge in [-0.05, 0) is 38.8 Å². The summed E-state index contributed by atoms with van der Waals surface area (Å²) in [7, 11) is -3.70. The minimum Gasteiger partial charge on any atom is -0.376 e. The topological polar surface area (TPSA) is 84.5 Å². The molecule has 122 valence electrons. The van der Waals surface area contributed by atoms with Crippen LogP contribution in [0.3, 0.4) is 0 Å². The molecule has 1 aromatic rings. The Kier molecular flexibility index (Phi) is 5.55. The summed E-state index contributed by atoms with van der Waals surface area (Å²) in [4.78, 5) is 12.1. The van der Waals surface area contributed by atoms with Crippen molar-refractivity contribution in [3.8, 4) is 0 Å². The maximum absolute atomic E-state index is 12.2. The number of ether oxygens (including phenoxy) is 1. The lowest BCUT2D eigenvalue weighted by atomic mass is 10.2. The fourth-order valence-corrected chi connectivity index (χ4v) is 3.45. The van der Waals surface area contributed by atoms with Crippen LogP contribution in [0.1, 0.15) is 25.3 Å². The number of aryl methyl sites for hydroxylation is 1. The molecule has 0 unspecified atom stereocenters. The highest BCUT2D eigenvalue weighted by atomic mass is 32.2. The van der Waals surface area contributed by atoms with Crippen LogP contribution in [0.5, 0.6) is 0 Å². The average molecular weight is 326 g/mol. The van der Waals surface area contributed by atoms with Gasteiger partial charge < -0.3 is 10.1 Å². The predicted molar refractivity (Wildman–Crippen MR) is 82.9 cm³/mol. The summed E-state index contributed by atoms with van der Waals surface area (Å²) in [6.07, 6.45) is 1.95. The highest BCUT2D eigenvalue weighted by Gasteiger charge is 2.23. The fourth-order valence-electron chi connectivity index (χ4n) is 2.24. The molecule has 6 nitrogen and oxygen atoms in total. The van der Waals surface area contributed by atoms with E-state index in [1.54, 1.807) is 12.1 Å². The van der Waals surface area contributed by atoms with Crippen molar-refractivity contribution in [2.45, 2.75) is 43.7 Å². The molecule has 1 aliphatic rings. The van der Waals surface area contributed by atoms with Crippen molar-refractivity contribution in [3.63, 3.8) is 0 Å². The van der Waals surface area contributed by atoms with E-state index < -0.39 is 16.1 Å². The van der Waals surface area contributed by atoms with Gasteiger partial charge in [-0.2, -0.15) is 4.72 Å². The largest absolute Gasteiger partial charge is 0.376 e. The molecule has 2 rings (SSSR count). The Morgan fingerprint density at radius 3 is 2.64 bits per heavy atom. The summed E-state index contributed by atoms with van der Waals surface area (Å²) in [5, 5.41) is 2.72. The van der Waals surface area contributed by atoms with Crippen molar-refractivity contribution < 1.29 is 17.9 Å². The zero-order chi connectivity index (χ0) is 16.2. The molecule has 1 aliphatic heterocycles. The number of hydrogen-bond acceptors (Lipinski definition) is 4. The van der Waals surface area contributed by atoms with Gasteiger partial charge in [0, 0.05) is 13.2 Å².